The molecule has 84 valence electrons. The topological polar surface area (TPSA) is 26.0 Å². The van der Waals surface area contributed by atoms with E-state index in [-0.39, 0.29) is 12.5 Å². The average Bonchev–Trinajstić information content (AvgIpc) is 2.20. The second-order valence-electron chi connectivity index (χ2n) is 4.19. The number of benzene rings is 1. The molecule has 0 aliphatic rings. The maximum atomic E-state index is 14.5. The largest absolute Gasteiger partial charge is 0.327 e. The Kier molecular flexibility index (Phi) is 3.74. The molecule has 1 unspecified atom stereocenters. The molecule has 0 saturated heterocycles. The van der Waals surface area contributed by atoms with Crippen LogP contribution in [0, 0.1) is 12.8 Å². The minimum absolute atomic E-state index is 0.0238. The highest BCUT2D eigenvalue weighted by atomic mass is 35.5. The maximum Gasteiger partial charge on any atom is 0.150 e. The van der Waals surface area contributed by atoms with Gasteiger partial charge in [-0.25, -0.2) is 4.39 Å². The van der Waals surface area contributed by atoms with Crippen LogP contribution in [-0.2, 0) is 5.67 Å². The smallest absolute Gasteiger partial charge is 0.150 e. The fraction of sp³-hybridized carbons (Fsp3) is 0.500. The van der Waals surface area contributed by atoms with Crippen LogP contribution in [0.3, 0.4) is 0 Å². The van der Waals surface area contributed by atoms with E-state index in [1.165, 1.54) is 0 Å². The van der Waals surface area contributed by atoms with Crippen molar-refractivity contribution in [2.75, 3.05) is 6.54 Å². The molecule has 0 aliphatic carbocycles. The summed E-state index contributed by atoms with van der Waals surface area (Å²) in [6.45, 7) is 5.51. The molecular weight excluding hydrogens is 213 g/mol. The van der Waals surface area contributed by atoms with Gasteiger partial charge in [0.15, 0.2) is 0 Å². The summed E-state index contributed by atoms with van der Waals surface area (Å²) in [5.74, 6) is -0.165. The monoisotopic (exact) mass is 229 g/mol. The lowest BCUT2D eigenvalue weighted by molar-refractivity contribution is 0.109. The van der Waals surface area contributed by atoms with Crippen LogP contribution in [0.5, 0.6) is 0 Å². The van der Waals surface area contributed by atoms with Gasteiger partial charge in [-0.2, -0.15) is 0 Å². The van der Waals surface area contributed by atoms with E-state index in [9.17, 15) is 4.39 Å². The van der Waals surface area contributed by atoms with Crippen LogP contribution in [0.2, 0.25) is 5.02 Å². The van der Waals surface area contributed by atoms with Crippen molar-refractivity contribution >= 4 is 11.6 Å². The van der Waals surface area contributed by atoms with Crippen LogP contribution in [0.1, 0.15) is 25.0 Å². The predicted octanol–water partition coefficient (Wildman–Crippen LogP) is 3.43. The van der Waals surface area contributed by atoms with Crippen LogP contribution in [0.4, 0.5) is 4.39 Å². The molecule has 1 nitrogen and oxygen atoms in total. The first-order chi connectivity index (χ1) is 6.91. The van der Waals surface area contributed by atoms with Gasteiger partial charge in [-0.3, -0.25) is 0 Å². The summed E-state index contributed by atoms with van der Waals surface area (Å²) in [6, 6.07) is 5.25. The van der Waals surface area contributed by atoms with E-state index in [0.717, 1.165) is 5.56 Å². The van der Waals surface area contributed by atoms with E-state index in [1.807, 2.05) is 26.8 Å². The van der Waals surface area contributed by atoms with E-state index in [1.54, 1.807) is 12.1 Å². The van der Waals surface area contributed by atoms with Gasteiger partial charge >= 0.3 is 0 Å². The van der Waals surface area contributed by atoms with E-state index in [2.05, 4.69) is 0 Å². The Morgan fingerprint density at radius 3 is 2.47 bits per heavy atom. The molecular formula is C12H17ClFN. The molecule has 3 heteroatoms. The van der Waals surface area contributed by atoms with Crippen LogP contribution in [0.25, 0.3) is 0 Å². The zero-order valence-electron chi connectivity index (χ0n) is 9.35. The van der Waals surface area contributed by atoms with Crippen LogP contribution in [-0.4, -0.2) is 6.54 Å². The second-order valence-corrected chi connectivity index (χ2v) is 4.59. The third-order valence-electron chi connectivity index (χ3n) is 2.86. The molecule has 0 aromatic heterocycles. The fourth-order valence-electron chi connectivity index (χ4n) is 1.54. The Morgan fingerprint density at radius 2 is 2.07 bits per heavy atom. The third kappa shape index (κ3) is 2.32. The average molecular weight is 230 g/mol. The van der Waals surface area contributed by atoms with Crippen molar-refractivity contribution in [3.05, 3.63) is 34.3 Å². The quantitative estimate of drug-likeness (QED) is 0.845. The van der Waals surface area contributed by atoms with Gasteiger partial charge in [-0.1, -0.05) is 37.6 Å². The number of hydrogen-bond acceptors (Lipinski definition) is 1. The molecule has 15 heavy (non-hydrogen) atoms. The normalized spacial score (nSPS) is 15.4. The molecule has 0 bridgehead atoms. The summed E-state index contributed by atoms with van der Waals surface area (Å²) in [5.41, 5.74) is 5.53. The van der Waals surface area contributed by atoms with Crippen molar-refractivity contribution < 1.29 is 4.39 Å². The number of aryl methyl sites for hydroxylation is 1. The molecule has 1 aromatic carbocycles. The lowest BCUT2D eigenvalue weighted by Gasteiger charge is -2.28. The van der Waals surface area contributed by atoms with Gasteiger partial charge in [0.1, 0.15) is 5.67 Å². The van der Waals surface area contributed by atoms with Gasteiger partial charge in [0.25, 0.3) is 0 Å². The van der Waals surface area contributed by atoms with Crippen molar-refractivity contribution in [2.45, 2.75) is 26.4 Å². The standard InChI is InChI=1S/C12H17ClFN/c1-8(2)12(14,7-15)10-5-4-9(3)11(13)6-10/h4-6,8H,7,15H2,1-3H3. The van der Waals surface area contributed by atoms with Gasteiger partial charge in [-0.15, -0.1) is 0 Å². The number of rotatable bonds is 3. The minimum Gasteiger partial charge on any atom is -0.327 e. The van der Waals surface area contributed by atoms with E-state index in [0.29, 0.717) is 10.6 Å². The van der Waals surface area contributed by atoms with Crippen molar-refractivity contribution in [3.8, 4) is 0 Å². The Hall–Kier alpha value is -0.600. The lowest BCUT2D eigenvalue weighted by atomic mass is 9.85. The van der Waals surface area contributed by atoms with Gasteiger partial charge in [0.2, 0.25) is 0 Å². The van der Waals surface area contributed by atoms with Crippen molar-refractivity contribution in [3.63, 3.8) is 0 Å². The number of hydrogen-bond donors (Lipinski definition) is 1. The molecule has 0 saturated carbocycles. The first kappa shape index (κ1) is 12.5. The molecule has 1 rings (SSSR count). The molecule has 0 aliphatic heterocycles. The van der Waals surface area contributed by atoms with Crippen LogP contribution in [0.15, 0.2) is 18.2 Å². The van der Waals surface area contributed by atoms with E-state index < -0.39 is 5.67 Å². The molecule has 0 heterocycles. The number of alkyl halides is 1. The Labute approximate surface area is 95.4 Å². The summed E-state index contributed by atoms with van der Waals surface area (Å²) in [6.07, 6.45) is 0. The highest BCUT2D eigenvalue weighted by Gasteiger charge is 2.34. The molecule has 2 N–H and O–H groups in total. The highest BCUT2D eigenvalue weighted by Crippen LogP contribution is 2.34. The molecule has 1 aromatic rings. The SMILES string of the molecule is Cc1ccc(C(F)(CN)C(C)C)cc1Cl. The summed E-state index contributed by atoms with van der Waals surface area (Å²) in [5, 5.41) is 0.587. The summed E-state index contributed by atoms with van der Waals surface area (Å²) >= 11 is 5.97. The van der Waals surface area contributed by atoms with E-state index in [4.69, 9.17) is 17.3 Å². The predicted molar refractivity (Wildman–Crippen MR) is 62.9 cm³/mol. The Morgan fingerprint density at radius 1 is 1.47 bits per heavy atom. The molecule has 0 spiro atoms. The van der Waals surface area contributed by atoms with E-state index >= 15 is 0 Å². The molecule has 0 fully saturated rings. The van der Waals surface area contributed by atoms with Gasteiger partial charge in [-0.05, 0) is 30.0 Å². The third-order valence-corrected chi connectivity index (χ3v) is 3.27. The Balaban J connectivity index is 3.19. The number of nitrogens with two attached hydrogens (primary N) is 1. The highest BCUT2D eigenvalue weighted by molar-refractivity contribution is 6.31. The molecule has 0 radical (unpaired) electrons. The lowest BCUT2D eigenvalue weighted by Crippen LogP contribution is -2.35. The molecule has 1 atom stereocenters. The maximum absolute atomic E-state index is 14.5. The van der Waals surface area contributed by atoms with Crippen LogP contribution >= 0.6 is 11.6 Å². The van der Waals surface area contributed by atoms with Crippen molar-refractivity contribution in [1.29, 1.82) is 0 Å². The second kappa shape index (κ2) is 4.50. The zero-order valence-corrected chi connectivity index (χ0v) is 10.1. The first-order valence-electron chi connectivity index (χ1n) is 5.07. The van der Waals surface area contributed by atoms with Gasteiger partial charge in [0.05, 0.1) is 0 Å². The van der Waals surface area contributed by atoms with Crippen molar-refractivity contribution in [1.82, 2.24) is 0 Å². The van der Waals surface area contributed by atoms with Crippen LogP contribution < -0.4 is 5.73 Å². The summed E-state index contributed by atoms with van der Waals surface area (Å²) in [4.78, 5) is 0. The zero-order chi connectivity index (χ0) is 11.6. The number of halogens is 2. The van der Waals surface area contributed by atoms with Gasteiger partial charge in [0, 0.05) is 11.6 Å². The summed E-state index contributed by atoms with van der Waals surface area (Å²) in [7, 11) is 0. The minimum atomic E-state index is -1.49. The van der Waals surface area contributed by atoms with Gasteiger partial charge < -0.3 is 5.73 Å². The summed E-state index contributed by atoms with van der Waals surface area (Å²) < 4.78 is 14.5. The molecule has 0 amide bonds. The first-order valence-corrected chi connectivity index (χ1v) is 5.45. The van der Waals surface area contributed by atoms with Crippen molar-refractivity contribution in [2.24, 2.45) is 11.7 Å². The fourth-order valence-corrected chi connectivity index (χ4v) is 1.72. The Bertz CT molecular complexity index is 351.